The lowest BCUT2D eigenvalue weighted by Gasteiger charge is -2.05. The van der Waals surface area contributed by atoms with Gasteiger partial charge < -0.3 is 5.11 Å². The molecule has 14 heavy (non-hydrogen) atoms. The first-order chi connectivity index (χ1) is 6.69. The van der Waals surface area contributed by atoms with Gasteiger partial charge in [0.2, 0.25) is 0 Å². The molecule has 1 aromatic carbocycles. The molecule has 0 heterocycles. The van der Waals surface area contributed by atoms with E-state index in [4.69, 9.17) is 0 Å². The number of rotatable bonds is 3. The molecule has 4 heteroatoms. The Hall–Kier alpha value is -1.55. The number of hydrogen-bond donors (Lipinski definition) is 1. The number of carbonyl (C=O) groups is 1. The highest BCUT2D eigenvalue weighted by molar-refractivity contribution is 5.90. The maximum absolute atomic E-state index is 11.3. The predicted molar refractivity (Wildman–Crippen MR) is 49.9 cm³/mol. The fourth-order valence-electron chi connectivity index (χ4n) is 1.19. The monoisotopic (exact) mass is 196 g/mol. The molecule has 0 aliphatic rings. The van der Waals surface area contributed by atoms with E-state index in [0.717, 1.165) is 5.56 Å². The van der Waals surface area contributed by atoms with Crippen LogP contribution in [0.1, 0.15) is 22.8 Å². The highest BCUT2D eigenvalue weighted by atomic mass is 17.2. The van der Waals surface area contributed by atoms with E-state index in [-0.39, 0.29) is 5.75 Å². The molecule has 0 saturated heterocycles. The molecule has 0 aliphatic heterocycles. The Bertz CT molecular complexity index is 333. The minimum atomic E-state index is -0.552. The summed E-state index contributed by atoms with van der Waals surface area (Å²) in [5.74, 6) is -0.417. The molecule has 1 aromatic rings. The molecular weight excluding hydrogens is 184 g/mol. The predicted octanol–water partition coefficient (Wildman–Crippen LogP) is 1.67. The van der Waals surface area contributed by atoms with E-state index >= 15 is 0 Å². The molecule has 0 radical (unpaired) electrons. The fraction of sp³-hybridized carbons (Fsp3) is 0.300. The third-order valence-electron chi connectivity index (χ3n) is 1.85. The van der Waals surface area contributed by atoms with Gasteiger partial charge in [0.05, 0.1) is 12.7 Å². The van der Waals surface area contributed by atoms with Crippen LogP contribution >= 0.6 is 0 Å². The molecule has 0 unspecified atom stereocenters. The zero-order chi connectivity index (χ0) is 10.6. The van der Waals surface area contributed by atoms with E-state index in [9.17, 15) is 9.90 Å². The van der Waals surface area contributed by atoms with Crippen molar-refractivity contribution in [2.45, 2.75) is 13.3 Å². The minimum Gasteiger partial charge on any atom is -0.508 e. The molecular formula is C10H12O4. The number of benzene rings is 1. The van der Waals surface area contributed by atoms with Crippen molar-refractivity contribution in [3.8, 4) is 5.75 Å². The number of carbonyl (C=O) groups excluding carboxylic acids is 1. The number of aryl methyl sites for hydroxylation is 1. The first kappa shape index (κ1) is 10.5. The number of phenolic OH excluding ortho intramolecular Hbond substituents is 1. The van der Waals surface area contributed by atoms with Gasteiger partial charge in [-0.25, -0.2) is 4.79 Å². The zero-order valence-electron chi connectivity index (χ0n) is 8.11. The van der Waals surface area contributed by atoms with Crippen molar-refractivity contribution in [2.75, 3.05) is 7.11 Å². The lowest BCUT2D eigenvalue weighted by atomic mass is 10.1. The van der Waals surface area contributed by atoms with Crippen molar-refractivity contribution in [1.82, 2.24) is 0 Å². The molecule has 0 amide bonds. The highest BCUT2D eigenvalue weighted by Crippen LogP contribution is 2.18. The molecule has 0 spiro atoms. The fourth-order valence-corrected chi connectivity index (χ4v) is 1.19. The average Bonchev–Trinajstić information content (AvgIpc) is 2.17. The quantitative estimate of drug-likeness (QED) is 0.590. The number of aromatic hydroxyl groups is 1. The summed E-state index contributed by atoms with van der Waals surface area (Å²) < 4.78 is 0. The minimum absolute atomic E-state index is 0.135. The van der Waals surface area contributed by atoms with Gasteiger partial charge in [-0.2, -0.15) is 4.89 Å². The zero-order valence-corrected chi connectivity index (χ0v) is 8.11. The molecule has 0 aromatic heterocycles. The summed E-state index contributed by atoms with van der Waals surface area (Å²) in [5.41, 5.74) is 1.14. The number of phenols is 1. The van der Waals surface area contributed by atoms with Crippen LogP contribution in [-0.4, -0.2) is 18.2 Å². The van der Waals surface area contributed by atoms with Gasteiger partial charge in [0.25, 0.3) is 0 Å². The third kappa shape index (κ3) is 2.23. The molecule has 76 valence electrons. The topological polar surface area (TPSA) is 55.8 Å². The Morgan fingerprint density at radius 3 is 2.79 bits per heavy atom. The van der Waals surface area contributed by atoms with Gasteiger partial charge in [-0.05, 0) is 30.2 Å². The van der Waals surface area contributed by atoms with Crippen LogP contribution < -0.4 is 0 Å². The molecule has 0 bridgehead atoms. The molecule has 0 atom stereocenters. The Kier molecular flexibility index (Phi) is 3.48. The largest absolute Gasteiger partial charge is 0.508 e. The van der Waals surface area contributed by atoms with Crippen molar-refractivity contribution in [3.63, 3.8) is 0 Å². The summed E-state index contributed by atoms with van der Waals surface area (Å²) in [6.07, 6.45) is 0.641. The SMILES string of the molecule is CCc1cc(O)ccc1C(=O)OOC. The van der Waals surface area contributed by atoms with Crippen LogP contribution in [0, 0.1) is 0 Å². The Balaban J connectivity index is 3.01. The maximum atomic E-state index is 11.3. The second-order valence-corrected chi connectivity index (χ2v) is 2.73. The summed E-state index contributed by atoms with van der Waals surface area (Å²) in [7, 11) is 1.27. The lowest BCUT2D eigenvalue weighted by molar-refractivity contribution is -0.216. The Morgan fingerprint density at radius 1 is 1.50 bits per heavy atom. The van der Waals surface area contributed by atoms with Gasteiger partial charge >= 0.3 is 5.97 Å². The van der Waals surface area contributed by atoms with E-state index in [0.29, 0.717) is 12.0 Å². The van der Waals surface area contributed by atoms with Crippen LogP contribution in [0.5, 0.6) is 5.75 Å². The van der Waals surface area contributed by atoms with Crippen molar-refractivity contribution >= 4 is 5.97 Å². The van der Waals surface area contributed by atoms with Crippen molar-refractivity contribution in [2.24, 2.45) is 0 Å². The molecule has 0 fully saturated rings. The van der Waals surface area contributed by atoms with Crippen molar-refractivity contribution < 1.29 is 19.7 Å². The van der Waals surface area contributed by atoms with Crippen LogP contribution in [0.3, 0.4) is 0 Å². The van der Waals surface area contributed by atoms with Crippen molar-refractivity contribution in [3.05, 3.63) is 29.3 Å². The van der Waals surface area contributed by atoms with Gasteiger partial charge in [0.15, 0.2) is 0 Å². The summed E-state index contributed by atoms with van der Waals surface area (Å²) in [6, 6.07) is 4.48. The van der Waals surface area contributed by atoms with Crippen LogP contribution in [-0.2, 0) is 16.2 Å². The van der Waals surface area contributed by atoms with Gasteiger partial charge in [0.1, 0.15) is 5.75 Å². The standard InChI is InChI=1S/C10H12O4/c1-3-7-6-8(11)4-5-9(7)10(12)14-13-2/h4-6,11H,3H2,1-2H3. The van der Waals surface area contributed by atoms with E-state index in [2.05, 4.69) is 9.78 Å². The van der Waals surface area contributed by atoms with E-state index in [1.807, 2.05) is 6.92 Å². The third-order valence-corrected chi connectivity index (χ3v) is 1.85. The van der Waals surface area contributed by atoms with Crippen LogP contribution in [0.2, 0.25) is 0 Å². The van der Waals surface area contributed by atoms with Gasteiger partial charge in [0, 0.05) is 0 Å². The summed E-state index contributed by atoms with van der Waals surface area (Å²) in [5, 5.41) is 9.20. The molecule has 4 nitrogen and oxygen atoms in total. The van der Waals surface area contributed by atoms with E-state index in [1.54, 1.807) is 0 Å². The number of hydrogen-bond acceptors (Lipinski definition) is 4. The van der Waals surface area contributed by atoms with Gasteiger partial charge in [-0.3, -0.25) is 4.89 Å². The highest BCUT2D eigenvalue weighted by Gasteiger charge is 2.12. The second-order valence-electron chi connectivity index (χ2n) is 2.73. The summed E-state index contributed by atoms with van der Waals surface area (Å²) in [4.78, 5) is 20.0. The smallest absolute Gasteiger partial charge is 0.373 e. The lowest BCUT2D eigenvalue weighted by Crippen LogP contribution is -2.07. The summed E-state index contributed by atoms with van der Waals surface area (Å²) >= 11 is 0. The van der Waals surface area contributed by atoms with Crippen molar-refractivity contribution in [1.29, 1.82) is 0 Å². The molecule has 1 N–H and O–H groups in total. The van der Waals surface area contributed by atoms with Gasteiger partial charge in [-0.15, -0.1) is 0 Å². The molecule has 1 rings (SSSR count). The first-order valence-electron chi connectivity index (χ1n) is 4.26. The van der Waals surface area contributed by atoms with E-state index in [1.165, 1.54) is 25.3 Å². The Morgan fingerprint density at radius 2 is 2.21 bits per heavy atom. The second kappa shape index (κ2) is 4.62. The average molecular weight is 196 g/mol. The normalized spacial score (nSPS) is 9.86. The molecule has 0 saturated carbocycles. The van der Waals surface area contributed by atoms with Crippen LogP contribution in [0.25, 0.3) is 0 Å². The van der Waals surface area contributed by atoms with Crippen LogP contribution in [0.4, 0.5) is 0 Å². The van der Waals surface area contributed by atoms with Gasteiger partial charge in [-0.1, -0.05) is 6.92 Å². The van der Waals surface area contributed by atoms with Crippen LogP contribution in [0.15, 0.2) is 18.2 Å². The Labute approximate surface area is 82.0 Å². The van der Waals surface area contributed by atoms with E-state index < -0.39 is 5.97 Å². The maximum Gasteiger partial charge on any atom is 0.373 e. The summed E-state index contributed by atoms with van der Waals surface area (Å²) in [6.45, 7) is 1.89. The molecule has 0 aliphatic carbocycles. The first-order valence-corrected chi connectivity index (χ1v) is 4.26.